The van der Waals surface area contributed by atoms with Crippen molar-refractivity contribution in [2.45, 2.75) is 31.7 Å². The summed E-state index contributed by atoms with van der Waals surface area (Å²) in [6.07, 6.45) is 2.85. The van der Waals surface area contributed by atoms with Gasteiger partial charge in [0.15, 0.2) is 0 Å². The molecular weight excluding hydrogens is 212 g/mol. The van der Waals surface area contributed by atoms with Crippen LogP contribution in [-0.2, 0) is 9.53 Å². The van der Waals surface area contributed by atoms with Crippen LogP contribution in [0.25, 0.3) is 0 Å². The summed E-state index contributed by atoms with van der Waals surface area (Å²) in [6, 6.07) is -0.0461. The number of rotatable bonds is 5. The number of thiazole rings is 1. The Morgan fingerprint density at radius 1 is 1.73 bits per heavy atom. The Morgan fingerprint density at radius 3 is 2.93 bits per heavy atom. The Hall–Kier alpha value is -0.940. The lowest BCUT2D eigenvalue weighted by atomic mass is 9.95. The lowest BCUT2D eigenvalue weighted by Gasteiger charge is -2.19. The van der Waals surface area contributed by atoms with E-state index in [0.29, 0.717) is 6.42 Å². The van der Waals surface area contributed by atoms with E-state index in [2.05, 4.69) is 9.72 Å². The number of methoxy groups -OCH3 is 1. The standard InChI is InChI=1S/C10H16N2O2S/c1-3-8(11)7(6-9(13)14-2)10-12-4-5-15-10/h4-5,7-8H,3,6,11H2,1-2H3. The van der Waals surface area contributed by atoms with E-state index in [1.54, 1.807) is 6.20 Å². The highest BCUT2D eigenvalue weighted by atomic mass is 32.1. The van der Waals surface area contributed by atoms with Crippen LogP contribution in [0.15, 0.2) is 11.6 Å². The third-order valence-corrected chi connectivity index (χ3v) is 3.28. The number of nitrogens with zero attached hydrogens (tertiary/aromatic N) is 1. The lowest BCUT2D eigenvalue weighted by molar-refractivity contribution is -0.141. The van der Waals surface area contributed by atoms with Crippen molar-refractivity contribution in [2.24, 2.45) is 5.73 Å². The van der Waals surface area contributed by atoms with Crippen molar-refractivity contribution < 1.29 is 9.53 Å². The second-order valence-corrected chi connectivity index (χ2v) is 4.26. The molecule has 15 heavy (non-hydrogen) atoms. The molecule has 1 aromatic rings. The number of hydrogen-bond donors (Lipinski definition) is 1. The van der Waals surface area contributed by atoms with Gasteiger partial charge in [0.1, 0.15) is 0 Å². The predicted molar refractivity (Wildman–Crippen MR) is 59.8 cm³/mol. The molecular formula is C10H16N2O2S. The van der Waals surface area contributed by atoms with E-state index in [1.165, 1.54) is 18.4 Å². The van der Waals surface area contributed by atoms with Crippen LogP contribution in [0.4, 0.5) is 0 Å². The molecule has 1 heterocycles. The van der Waals surface area contributed by atoms with Gasteiger partial charge in [-0.25, -0.2) is 4.98 Å². The minimum atomic E-state index is -0.237. The van der Waals surface area contributed by atoms with E-state index in [1.807, 2.05) is 12.3 Å². The number of aromatic nitrogens is 1. The Labute approximate surface area is 93.5 Å². The van der Waals surface area contributed by atoms with E-state index in [-0.39, 0.29) is 17.9 Å². The van der Waals surface area contributed by atoms with Crippen LogP contribution < -0.4 is 5.73 Å². The van der Waals surface area contributed by atoms with Crippen LogP contribution in [0.1, 0.15) is 30.7 Å². The average molecular weight is 228 g/mol. The summed E-state index contributed by atoms with van der Waals surface area (Å²) in [5, 5.41) is 2.80. The van der Waals surface area contributed by atoms with Crippen molar-refractivity contribution in [1.82, 2.24) is 4.98 Å². The summed E-state index contributed by atoms with van der Waals surface area (Å²) in [5.74, 6) is -0.262. The third kappa shape index (κ3) is 3.28. The molecule has 5 heteroatoms. The van der Waals surface area contributed by atoms with Crippen molar-refractivity contribution >= 4 is 17.3 Å². The van der Waals surface area contributed by atoms with Crippen LogP contribution in [-0.4, -0.2) is 24.1 Å². The summed E-state index contributed by atoms with van der Waals surface area (Å²) in [4.78, 5) is 15.4. The van der Waals surface area contributed by atoms with Crippen molar-refractivity contribution in [1.29, 1.82) is 0 Å². The lowest BCUT2D eigenvalue weighted by Crippen LogP contribution is -2.29. The monoisotopic (exact) mass is 228 g/mol. The van der Waals surface area contributed by atoms with E-state index in [9.17, 15) is 4.79 Å². The SMILES string of the molecule is CCC(N)C(CC(=O)OC)c1nccs1. The van der Waals surface area contributed by atoms with Gasteiger partial charge in [0.2, 0.25) is 0 Å². The van der Waals surface area contributed by atoms with Gasteiger partial charge in [0, 0.05) is 23.5 Å². The molecule has 0 amide bonds. The van der Waals surface area contributed by atoms with Crippen LogP contribution in [0.3, 0.4) is 0 Å². The topological polar surface area (TPSA) is 65.2 Å². The molecule has 0 fully saturated rings. The molecule has 0 saturated heterocycles. The summed E-state index contributed by atoms with van der Waals surface area (Å²) < 4.78 is 4.66. The predicted octanol–water partition coefficient (Wildman–Crippen LogP) is 1.53. The highest BCUT2D eigenvalue weighted by Gasteiger charge is 2.24. The highest BCUT2D eigenvalue weighted by Crippen LogP contribution is 2.26. The first-order valence-electron chi connectivity index (χ1n) is 4.90. The summed E-state index contributed by atoms with van der Waals surface area (Å²) in [6.45, 7) is 2.00. The Balaban J connectivity index is 2.74. The highest BCUT2D eigenvalue weighted by molar-refractivity contribution is 7.09. The molecule has 4 nitrogen and oxygen atoms in total. The molecule has 0 aliphatic heterocycles. The molecule has 0 spiro atoms. The number of nitrogens with two attached hydrogens (primary N) is 1. The maximum atomic E-state index is 11.2. The van der Waals surface area contributed by atoms with Crippen molar-refractivity contribution in [3.05, 3.63) is 16.6 Å². The van der Waals surface area contributed by atoms with Crippen LogP contribution in [0, 0.1) is 0 Å². The molecule has 84 valence electrons. The maximum Gasteiger partial charge on any atom is 0.306 e. The summed E-state index contributed by atoms with van der Waals surface area (Å²) in [5.41, 5.74) is 5.97. The minimum Gasteiger partial charge on any atom is -0.469 e. The van der Waals surface area contributed by atoms with Crippen LogP contribution in [0.2, 0.25) is 0 Å². The van der Waals surface area contributed by atoms with Gasteiger partial charge in [-0.15, -0.1) is 11.3 Å². The van der Waals surface area contributed by atoms with E-state index < -0.39 is 0 Å². The fraction of sp³-hybridized carbons (Fsp3) is 0.600. The fourth-order valence-electron chi connectivity index (χ4n) is 1.39. The first-order valence-corrected chi connectivity index (χ1v) is 5.78. The molecule has 0 bridgehead atoms. The molecule has 1 aromatic heterocycles. The first kappa shape index (κ1) is 12.1. The zero-order valence-electron chi connectivity index (χ0n) is 8.97. The Kier molecular flexibility index (Phi) is 4.71. The molecule has 0 radical (unpaired) electrons. The second-order valence-electron chi connectivity index (χ2n) is 3.33. The fourth-order valence-corrected chi connectivity index (χ4v) is 2.20. The van der Waals surface area contributed by atoms with Gasteiger partial charge in [0.05, 0.1) is 18.5 Å². The number of carbonyl (C=O) groups excluding carboxylic acids is 1. The van der Waals surface area contributed by atoms with Gasteiger partial charge in [0.25, 0.3) is 0 Å². The van der Waals surface area contributed by atoms with Gasteiger partial charge in [-0.3, -0.25) is 4.79 Å². The quantitative estimate of drug-likeness (QED) is 0.776. The van der Waals surface area contributed by atoms with Gasteiger partial charge in [-0.2, -0.15) is 0 Å². The number of carbonyl (C=O) groups is 1. The number of ether oxygens (including phenoxy) is 1. The van der Waals surface area contributed by atoms with Gasteiger partial charge < -0.3 is 10.5 Å². The molecule has 2 N–H and O–H groups in total. The Morgan fingerprint density at radius 2 is 2.47 bits per heavy atom. The van der Waals surface area contributed by atoms with E-state index >= 15 is 0 Å². The van der Waals surface area contributed by atoms with Crippen molar-refractivity contribution in [3.8, 4) is 0 Å². The molecule has 0 aliphatic carbocycles. The normalized spacial score (nSPS) is 14.6. The zero-order chi connectivity index (χ0) is 11.3. The van der Waals surface area contributed by atoms with Gasteiger partial charge in [-0.1, -0.05) is 6.92 Å². The largest absolute Gasteiger partial charge is 0.469 e. The molecule has 1 rings (SSSR count). The molecule has 0 aliphatic rings. The van der Waals surface area contributed by atoms with Crippen molar-refractivity contribution in [3.63, 3.8) is 0 Å². The van der Waals surface area contributed by atoms with Crippen LogP contribution >= 0.6 is 11.3 Å². The van der Waals surface area contributed by atoms with E-state index in [0.717, 1.165) is 11.4 Å². The number of esters is 1. The van der Waals surface area contributed by atoms with Gasteiger partial charge >= 0.3 is 5.97 Å². The second kappa shape index (κ2) is 5.82. The summed E-state index contributed by atoms with van der Waals surface area (Å²) in [7, 11) is 1.39. The minimum absolute atomic E-state index is 0.0255. The van der Waals surface area contributed by atoms with Gasteiger partial charge in [-0.05, 0) is 6.42 Å². The number of hydrogen-bond acceptors (Lipinski definition) is 5. The molecule has 2 atom stereocenters. The molecule has 0 aromatic carbocycles. The van der Waals surface area contributed by atoms with Crippen LogP contribution in [0.5, 0.6) is 0 Å². The van der Waals surface area contributed by atoms with E-state index in [4.69, 9.17) is 5.73 Å². The zero-order valence-corrected chi connectivity index (χ0v) is 9.79. The summed E-state index contributed by atoms with van der Waals surface area (Å²) >= 11 is 1.53. The smallest absolute Gasteiger partial charge is 0.306 e. The first-order chi connectivity index (χ1) is 7.19. The molecule has 0 saturated carbocycles. The average Bonchev–Trinajstić information content (AvgIpc) is 2.77. The van der Waals surface area contributed by atoms with Crippen molar-refractivity contribution in [2.75, 3.05) is 7.11 Å². The third-order valence-electron chi connectivity index (χ3n) is 2.37. The maximum absolute atomic E-state index is 11.2. The molecule has 2 unspecified atom stereocenters. The Bertz CT molecular complexity index is 300.